The number of tetrazole rings is 1. The zero-order chi connectivity index (χ0) is 18.2. The van der Waals surface area contributed by atoms with Crippen LogP contribution in [0.25, 0.3) is 17.1 Å². The Kier molecular flexibility index (Phi) is 4.02. The molecule has 0 atom stereocenters. The molecule has 0 saturated heterocycles. The SMILES string of the molecule is CC(C)(C)c1ncc(-c2nnnn2-c2ccccc2)c(C(F)(F)F)n1. The number of hydrogen-bond acceptors (Lipinski definition) is 5. The van der Waals surface area contributed by atoms with E-state index in [1.54, 1.807) is 51.1 Å². The van der Waals surface area contributed by atoms with Crippen molar-refractivity contribution in [3.8, 4) is 17.1 Å². The quantitative estimate of drug-likeness (QED) is 0.710. The number of para-hydroxylation sites is 1. The fourth-order valence-corrected chi connectivity index (χ4v) is 2.22. The lowest BCUT2D eigenvalue weighted by molar-refractivity contribution is -0.140. The van der Waals surface area contributed by atoms with Gasteiger partial charge >= 0.3 is 6.18 Å². The summed E-state index contributed by atoms with van der Waals surface area (Å²) in [5, 5.41) is 11.0. The number of alkyl halides is 3. The van der Waals surface area contributed by atoms with E-state index in [-0.39, 0.29) is 17.2 Å². The Morgan fingerprint density at radius 2 is 1.68 bits per heavy atom. The number of benzene rings is 1. The monoisotopic (exact) mass is 348 g/mol. The van der Waals surface area contributed by atoms with E-state index in [1.165, 1.54) is 4.68 Å². The highest BCUT2D eigenvalue weighted by Crippen LogP contribution is 2.36. The summed E-state index contributed by atoms with van der Waals surface area (Å²) in [7, 11) is 0. The van der Waals surface area contributed by atoms with E-state index in [4.69, 9.17) is 0 Å². The van der Waals surface area contributed by atoms with Crippen LogP contribution in [0.5, 0.6) is 0 Å². The fraction of sp³-hybridized carbons (Fsp3) is 0.312. The third kappa shape index (κ3) is 3.35. The molecule has 9 heteroatoms. The van der Waals surface area contributed by atoms with Gasteiger partial charge in [-0.25, -0.2) is 9.97 Å². The van der Waals surface area contributed by atoms with E-state index in [0.717, 1.165) is 6.20 Å². The van der Waals surface area contributed by atoms with Crippen LogP contribution in [-0.4, -0.2) is 30.2 Å². The van der Waals surface area contributed by atoms with Crippen LogP contribution in [0.1, 0.15) is 32.3 Å². The summed E-state index contributed by atoms with van der Waals surface area (Å²) in [6.45, 7) is 5.24. The molecule has 0 fully saturated rings. The van der Waals surface area contributed by atoms with Gasteiger partial charge in [-0.05, 0) is 22.6 Å². The van der Waals surface area contributed by atoms with Crippen LogP contribution < -0.4 is 0 Å². The van der Waals surface area contributed by atoms with Crippen molar-refractivity contribution in [3.05, 3.63) is 48.0 Å². The largest absolute Gasteiger partial charge is 0.434 e. The van der Waals surface area contributed by atoms with Gasteiger partial charge < -0.3 is 0 Å². The molecule has 0 spiro atoms. The first kappa shape index (κ1) is 17.0. The maximum absolute atomic E-state index is 13.6. The molecule has 0 aliphatic rings. The second kappa shape index (κ2) is 5.91. The molecule has 3 aromatic rings. The second-order valence-corrected chi connectivity index (χ2v) is 6.45. The van der Waals surface area contributed by atoms with E-state index < -0.39 is 17.3 Å². The fourth-order valence-electron chi connectivity index (χ4n) is 2.22. The van der Waals surface area contributed by atoms with E-state index in [1.807, 2.05) is 0 Å². The van der Waals surface area contributed by atoms with Gasteiger partial charge in [0.2, 0.25) is 0 Å². The smallest absolute Gasteiger partial charge is 0.240 e. The molecule has 0 amide bonds. The number of hydrogen-bond donors (Lipinski definition) is 0. The van der Waals surface area contributed by atoms with Crippen molar-refractivity contribution < 1.29 is 13.2 Å². The molecular weight excluding hydrogens is 333 g/mol. The molecule has 130 valence electrons. The van der Waals surface area contributed by atoms with Crippen molar-refractivity contribution in [2.45, 2.75) is 32.4 Å². The lowest BCUT2D eigenvalue weighted by atomic mass is 9.95. The van der Waals surface area contributed by atoms with E-state index in [9.17, 15) is 13.2 Å². The minimum Gasteiger partial charge on any atom is -0.240 e. The minimum absolute atomic E-state index is 0.0704. The minimum atomic E-state index is -4.66. The van der Waals surface area contributed by atoms with Crippen LogP contribution in [-0.2, 0) is 11.6 Å². The number of aromatic nitrogens is 6. The van der Waals surface area contributed by atoms with Gasteiger partial charge in [0.1, 0.15) is 5.82 Å². The Hall–Kier alpha value is -2.84. The molecule has 0 N–H and O–H groups in total. The first-order valence-corrected chi connectivity index (χ1v) is 7.47. The molecule has 0 aliphatic heterocycles. The lowest BCUT2D eigenvalue weighted by Gasteiger charge is -2.19. The summed E-state index contributed by atoms with van der Waals surface area (Å²) < 4.78 is 42.0. The standard InChI is InChI=1S/C16H15F3N6/c1-15(2,3)14-20-9-11(12(21-14)16(17,18)19)13-22-23-24-25(13)10-7-5-4-6-8-10/h4-9H,1-3H3. The van der Waals surface area contributed by atoms with Gasteiger partial charge in [0.25, 0.3) is 0 Å². The topological polar surface area (TPSA) is 69.4 Å². The molecule has 25 heavy (non-hydrogen) atoms. The number of rotatable bonds is 2. The molecule has 0 unspecified atom stereocenters. The van der Waals surface area contributed by atoms with Crippen molar-refractivity contribution in [1.82, 2.24) is 30.2 Å². The predicted molar refractivity (Wildman–Crippen MR) is 83.9 cm³/mol. The molecule has 0 aliphatic carbocycles. The van der Waals surface area contributed by atoms with Crippen molar-refractivity contribution in [2.75, 3.05) is 0 Å². The predicted octanol–water partition coefficient (Wildman–Crippen LogP) is 3.44. The van der Waals surface area contributed by atoms with Gasteiger partial charge in [-0.2, -0.15) is 17.9 Å². The number of halogens is 3. The molecule has 6 nitrogen and oxygen atoms in total. The molecular formula is C16H15F3N6. The van der Waals surface area contributed by atoms with Crippen LogP contribution in [0.3, 0.4) is 0 Å². The van der Waals surface area contributed by atoms with E-state index in [2.05, 4.69) is 25.5 Å². The summed E-state index contributed by atoms with van der Waals surface area (Å²) in [6, 6.07) is 8.65. The van der Waals surface area contributed by atoms with Gasteiger partial charge in [0.05, 0.1) is 11.3 Å². The highest BCUT2D eigenvalue weighted by Gasteiger charge is 2.39. The van der Waals surface area contributed by atoms with Crippen molar-refractivity contribution in [1.29, 1.82) is 0 Å². The van der Waals surface area contributed by atoms with Crippen molar-refractivity contribution >= 4 is 0 Å². The van der Waals surface area contributed by atoms with Gasteiger partial charge in [-0.3, -0.25) is 0 Å². The van der Waals surface area contributed by atoms with Gasteiger partial charge in [-0.1, -0.05) is 39.0 Å². The zero-order valence-corrected chi connectivity index (χ0v) is 13.8. The highest BCUT2D eigenvalue weighted by atomic mass is 19.4. The zero-order valence-electron chi connectivity index (χ0n) is 13.8. The maximum atomic E-state index is 13.6. The molecule has 3 rings (SSSR count). The highest BCUT2D eigenvalue weighted by molar-refractivity contribution is 5.60. The Morgan fingerprint density at radius 3 is 2.28 bits per heavy atom. The summed E-state index contributed by atoms with van der Waals surface area (Å²) >= 11 is 0. The third-order valence-electron chi connectivity index (χ3n) is 3.44. The van der Waals surface area contributed by atoms with E-state index in [0.29, 0.717) is 5.69 Å². The third-order valence-corrected chi connectivity index (χ3v) is 3.44. The Labute approximate surface area is 141 Å². The van der Waals surface area contributed by atoms with Gasteiger partial charge in [0.15, 0.2) is 11.5 Å². The first-order valence-electron chi connectivity index (χ1n) is 7.47. The Bertz CT molecular complexity index is 881. The normalized spacial score (nSPS) is 12.4. The van der Waals surface area contributed by atoms with Gasteiger partial charge in [-0.15, -0.1) is 5.10 Å². The first-order chi connectivity index (χ1) is 11.7. The Balaban J connectivity index is 2.21. The van der Waals surface area contributed by atoms with Crippen molar-refractivity contribution in [3.63, 3.8) is 0 Å². The average molecular weight is 348 g/mol. The summed E-state index contributed by atoms with van der Waals surface area (Å²) in [6.07, 6.45) is -3.53. The summed E-state index contributed by atoms with van der Waals surface area (Å²) in [4.78, 5) is 7.86. The lowest BCUT2D eigenvalue weighted by Crippen LogP contribution is -2.21. The van der Waals surface area contributed by atoms with Crippen LogP contribution in [0.2, 0.25) is 0 Å². The van der Waals surface area contributed by atoms with E-state index >= 15 is 0 Å². The van der Waals surface area contributed by atoms with Crippen LogP contribution in [0.4, 0.5) is 13.2 Å². The molecule has 0 radical (unpaired) electrons. The second-order valence-electron chi connectivity index (χ2n) is 6.45. The van der Waals surface area contributed by atoms with Crippen LogP contribution in [0.15, 0.2) is 36.5 Å². The van der Waals surface area contributed by atoms with Crippen LogP contribution >= 0.6 is 0 Å². The average Bonchev–Trinajstić information content (AvgIpc) is 3.03. The summed E-state index contributed by atoms with van der Waals surface area (Å²) in [5.41, 5.74) is -1.41. The Morgan fingerprint density at radius 1 is 1.00 bits per heavy atom. The van der Waals surface area contributed by atoms with Gasteiger partial charge in [0, 0.05) is 11.6 Å². The van der Waals surface area contributed by atoms with Crippen LogP contribution in [0, 0.1) is 0 Å². The molecule has 2 aromatic heterocycles. The van der Waals surface area contributed by atoms with Crippen molar-refractivity contribution in [2.24, 2.45) is 0 Å². The molecule has 0 saturated carbocycles. The summed E-state index contributed by atoms with van der Waals surface area (Å²) in [5.74, 6) is 0.0290. The molecule has 1 aromatic carbocycles. The maximum Gasteiger partial charge on any atom is 0.434 e. The molecule has 2 heterocycles. The number of nitrogens with zero attached hydrogens (tertiary/aromatic N) is 6. The molecule has 0 bridgehead atoms.